The number of nitrogens with one attached hydrogen (secondary N) is 2. The van der Waals surface area contributed by atoms with Gasteiger partial charge in [0.2, 0.25) is 6.79 Å². The molecular formula is C27H31N3O3S. The molecule has 0 spiro atoms. The maximum Gasteiger partial charge on any atom is 0.253 e. The van der Waals surface area contributed by atoms with Gasteiger partial charge in [-0.25, -0.2) is 0 Å². The predicted octanol–water partition coefficient (Wildman–Crippen LogP) is 4.82. The molecule has 7 heteroatoms. The number of rotatable bonds is 6. The number of thiocarbonyl (C=S) groups is 1. The van der Waals surface area contributed by atoms with E-state index in [1.807, 2.05) is 18.2 Å². The van der Waals surface area contributed by atoms with E-state index in [-0.39, 0.29) is 12.4 Å². The van der Waals surface area contributed by atoms with Crippen LogP contribution in [0.4, 0.5) is 0 Å². The minimum atomic E-state index is -0.104. The Balaban J connectivity index is 1.39. The predicted molar refractivity (Wildman–Crippen MR) is 139 cm³/mol. The van der Waals surface area contributed by atoms with E-state index in [0.717, 1.165) is 41.8 Å². The molecule has 5 rings (SSSR count). The van der Waals surface area contributed by atoms with E-state index in [4.69, 9.17) is 21.7 Å². The first-order chi connectivity index (χ1) is 16.6. The van der Waals surface area contributed by atoms with Crippen LogP contribution in [0.2, 0.25) is 0 Å². The monoisotopic (exact) mass is 477 g/mol. The van der Waals surface area contributed by atoms with Crippen molar-refractivity contribution >= 4 is 28.2 Å². The molecule has 1 aromatic heterocycles. The molecular weight excluding hydrogens is 446 g/mol. The molecule has 0 atom stereocenters. The van der Waals surface area contributed by atoms with Crippen molar-refractivity contribution in [3.63, 3.8) is 0 Å². The minimum Gasteiger partial charge on any atom is -0.454 e. The highest BCUT2D eigenvalue weighted by Gasteiger charge is 2.20. The van der Waals surface area contributed by atoms with Crippen LogP contribution in [0.3, 0.4) is 0 Å². The summed E-state index contributed by atoms with van der Waals surface area (Å²) in [5.74, 6) is 1.37. The molecule has 2 N–H and O–H groups in total. The van der Waals surface area contributed by atoms with Gasteiger partial charge < -0.3 is 24.7 Å². The second-order valence-electron chi connectivity index (χ2n) is 9.30. The average Bonchev–Trinajstić information content (AvgIpc) is 3.29. The van der Waals surface area contributed by atoms with Crippen molar-refractivity contribution < 1.29 is 9.47 Å². The third-order valence-electron chi connectivity index (χ3n) is 6.91. The molecule has 3 aromatic rings. The maximum absolute atomic E-state index is 13.0. The largest absolute Gasteiger partial charge is 0.454 e. The van der Waals surface area contributed by atoms with Crippen LogP contribution >= 0.6 is 12.2 Å². The Morgan fingerprint density at radius 2 is 1.85 bits per heavy atom. The van der Waals surface area contributed by atoms with Crippen LogP contribution in [0.15, 0.2) is 47.3 Å². The number of H-pyrrole nitrogens is 1. The van der Waals surface area contributed by atoms with Gasteiger partial charge in [0.05, 0.1) is 12.1 Å². The molecule has 6 nitrogen and oxygen atoms in total. The molecule has 178 valence electrons. The van der Waals surface area contributed by atoms with E-state index in [2.05, 4.69) is 46.4 Å². The van der Waals surface area contributed by atoms with E-state index in [1.165, 1.54) is 30.4 Å². The van der Waals surface area contributed by atoms with Crippen molar-refractivity contribution in [3.8, 4) is 11.5 Å². The fourth-order valence-electron chi connectivity index (χ4n) is 4.88. The number of benzene rings is 2. The third kappa shape index (κ3) is 5.04. The standard InChI is InChI=1S/C27H31N3O3S/c1-18-7-5-6-8-19(18)11-12-30(27(34)28-22-9-3-2-4-10-22)16-21-13-20-14-24-25(33-17-32-24)15-23(20)29-26(21)31/h5-8,13-15,22H,2-4,9-12,16-17H2,1H3,(H,28,34)(H,29,31). The molecule has 1 fully saturated rings. The molecule has 2 heterocycles. The molecule has 34 heavy (non-hydrogen) atoms. The number of aromatic amines is 1. The van der Waals surface area contributed by atoms with Gasteiger partial charge in [0.15, 0.2) is 16.6 Å². The fraction of sp³-hybridized carbons (Fsp3) is 0.407. The van der Waals surface area contributed by atoms with Crippen molar-refractivity contribution in [1.29, 1.82) is 0 Å². The fourth-order valence-corrected chi connectivity index (χ4v) is 5.20. The average molecular weight is 478 g/mol. The highest BCUT2D eigenvalue weighted by atomic mass is 32.1. The summed E-state index contributed by atoms with van der Waals surface area (Å²) in [7, 11) is 0. The summed E-state index contributed by atoms with van der Waals surface area (Å²) in [6.45, 7) is 3.53. The van der Waals surface area contributed by atoms with Crippen LogP contribution in [0.25, 0.3) is 10.9 Å². The van der Waals surface area contributed by atoms with Gasteiger partial charge in [-0.1, -0.05) is 43.5 Å². The maximum atomic E-state index is 13.0. The molecule has 0 bridgehead atoms. The van der Waals surface area contributed by atoms with Gasteiger partial charge in [-0.2, -0.15) is 0 Å². The lowest BCUT2D eigenvalue weighted by atomic mass is 9.96. The zero-order valence-electron chi connectivity index (χ0n) is 19.6. The number of hydrogen-bond acceptors (Lipinski definition) is 4. The summed E-state index contributed by atoms with van der Waals surface area (Å²) in [6.07, 6.45) is 6.94. The number of aromatic nitrogens is 1. The topological polar surface area (TPSA) is 66.6 Å². The Kier molecular flexibility index (Phi) is 6.72. The number of nitrogens with zero attached hydrogens (tertiary/aromatic N) is 1. The Bertz CT molecular complexity index is 1250. The van der Waals surface area contributed by atoms with Crippen molar-refractivity contribution in [2.45, 2.75) is 58.0 Å². The second-order valence-corrected chi connectivity index (χ2v) is 9.69. The van der Waals surface area contributed by atoms with Crippen LogP contribution in [0.5, 0.6) is 11.5 Å². The Hall–Kier alpha value is -3.06. The summed E-state index contributed by atoms with van der Waals surface area (Å²) in [5, 5.41) is 5.24. The molecule has 0 saturated heterocycles. The molecule has 1 saturated carbocycles. The number of aryl methyl sites for hydroxylation is 1. The summed E-state index contributed by atoms with van der Waals surface area (Å²) >= 11 is 5.87. The van der Waals surface area contributed by atoms with Crippen LogP contribution < -0.4 is 20.3 Å². The van der Waals surface area contributed by atoms with Gasteiger partial charge in [-0.3, -0.25) is 4.79 Å². The zero-order valence-corrected chi connectivity index (χ0v) is 20.4. The number of pyridine rings is 1. The smallest absolute Gasteiger partial charge is 0.253 e. The van der Waals surface area contributed by atoms with E-state index in [0.29, 0.717) is 29.6 Å². The Labute approximate surface area is 205 Å². The molecule has 1 aliphatic heterocycles. The van der Waals surface area contributed by atoms with Crippen molar-refractivity contribution in [1.82, 2.24) is 15.2 Å². The Morgan fingerprint density at radius 3 is 2.65 bits per heavy atom. The number of fused-ring (bicyclic) bond motifs is 2. The molecule has 0 radical (unpaired) electrons. The SMILES string of the molecule is Cc1ccccc1CCN(Cc1cc2cc3c(cc2[nH]c1=O)OCO3)C(=S)NC1CCCCC1. The second kappa shape index (κ2) is 10.1. The van der Waals surface area contributed by atoms with Crippen LogP contribution in [0, 0.1) is 6.92 Å². The molecule has 2 aromatic carbocycles. The normalized spacial score (nSPS) is 15.4. The summed E-state index contributed by atoms with van der Waals surface area (Å²) < 4.78 is 11.0. The molecule has 0 amide bonds. The Morgan fingerprint density at radius 1 is 1.09 bits per heavy atom. The van der Waals surface area contributed by atoms with E-state index < -0.39 is 0 Å². The minimum absolute atomic E-state index is 0.104. The first-order valence-electron chi connectivity index (χ1n) is 12.1. The van der Waals surface area contributed by atoms with Gasteiger partial charge in [-0.15, -0.1) is 0 Å². The summed E-state index contributed by atoms with van der Waals surface area (Å²) in [6, 6.07) is 14.5. The number of ether oxygens (including phenoxy) is 2. The van der Waals surface area contributed by atoms with E-state index in [9.17, 15) is 4.79 Å². The molecule has 1 aliphatic carbocycles. The van der Waals surface area contributed by atoms with Gasteiger partial charge in [0.1, 0.15) is 0 Å². The van der Waals surface area contributed by atoms with Gasteiger partial charge in [-0.05, 0) is 61.7 Å². The van der Waals surface area contributed by atoms with Crippen LogP contribution in [-0.4, -0.2) is 34.4 Å². The molecule has 0 unspecified atom stereocenters. The van der Waals surface area contributed by atoms with E-state index in [1.54, 1.807) is 0 Å². The quantitative estimate of drug-likeness (QED) is 0.497. The lowest BCUT2D eigenvalue weighted by Crippen LogP contribution is -2.46. The van der Waals surface area contributed by atoms with Gasteiger partial charge in [0, 0.05) is 29.6 Å². The van der Waals surface area contributed by atoms with E-state index >= 15 is 0 Å². The lowest BCUT2D eigenvalue weighted by molar-refractivity contribution is 0.174. The highest BCUT2D eigenvalue weighted by Crippen LogP contribution is 2.35. The summed E-state index contributed by atoms with van der Waals surface area (Å²) in [5.41, 5.74) is 3.89. The lowest BCUT2D eigenvalue weighted by Gasteiger charge is -2.31. The summed E-state index contributed by atoms with van der Waals surface area (Å²) in [4.78, 5) is 18.1. The van der Waals surface area contributed by atoms with Crippen molar-refractivity contribution in [2.24, 2.45) is 0 Å². The van der Waals surface area contributed by atoms with Crippen molar-refractivity contribution in [3.05, 3.63) is 69.5 Å². The third-order valence-corrected chi connectivity index (χ3v) is 7.28. The van der Waals surface area contributed by atoms with Crippen molar-refractivity contribution in [2.75, 3.05) is 13.3 Å². The highest BCUT2D eigenvalue weighted by molar-refractivity contribution is 7.80. The van der Waals surface area contributed by atoms with Gasteiger partial charge in [0.25, 0.3) is 5.56 Å². The molecule has 2 aliphatic rings. The zero-order chi connectivity index (χ0) is 23.5. The first kappa shape index (κ1) is 22.7. The van der Waals surface area contributed by atoms with Crippen LogP contribution in [0.1, 0.15) is 48.8 Å². The van der Waals surface area contributed by atoms with Gasteiger partial charge >= 0.3 is 0 Å². The van der Waals surface area contributed by atoms with Crippen LogP contribution in [-0.2, 0) is 13.0 Å². The first-order valence-corrected chi connectivity index (χ1v) is 12.5. The number of hydrogen-bond donors (Lipinski definition) is 2.